The van der Waals surface area contributed by atoms with Gasteiger partial charge in [0.1, 0.15) is 0 Å². The van der Waals surface area contributed by atoms with Crippen molar-refractivity contribution >= 4 is 11.7 Å². The summed E-state index contributed by atoms with van der Waals surface area (Å²) in [6, 6.07) is 9.48. The van der Waals surface area contributed by atoms with Crippen LogP contribution in [0.3, 0.4) is 0 Å². The lowest BCUT2D eigenvalue weighted by molar-refractivity contribution is 0.251. The van der Waals surface area contributed by atoms with Gasteiger partial charge in [0.25, 0.3) is 0 Å². The number of benzene rings is 1. The van der Waals surface area contributed by atoms with E-state index in [1.54, 1.807) is 17.1 Å². The molecule has 7 nitrogen and oxygen atoms in total. The van der Waals surface area contributed by atoms with Crippen molar-refractivity contribution in [3.63, 3.8) is 0 Å². The first kappa shape index (κ1) is 15.4. The van der Waals surface area contributed by atoms with Gasteiger partial charge >= 0.3 is 6.03 Å². The zero-order valence-electron chi connectivity index (χ0n) is 13.8. The van der Waals surface area contributed by atoms with Gasteiger partial charge in [0.15, 0.2) is 0 Å². The van der Waals surface area contributed by atoms with E-state index in [-0.39, 0.29) is 6.03 Å². The molecule has 0 bridgehead atoms. The average Bonchev–Trinajstić information content (AvgIpc) is 3.09. The van der Waals surface area contributed by atoms with Crippen molar-refractivity contribution in [1.82, 2.24) is 24.9 Å². The van der Waals surface area contributed by atoms with Gasteiger partial charge in [0, 0.05) is 31.7 Å². The highest BCUT2D eigenvalue weighted by molar-refractivity contribution is 5.88. The molecule has 1 aromatic carbocycles. The Bertz CT molecular complexity index is 850. The first-order chi connectivity index (χ1) is 12.3. The summed E-state index contributed by atoms with van der Waals surface area (Å²) in [5, 5.41) is 14.2. The van der Waals surface area contributed by atoms with E-state index in [0.717, 1.165) is 23.7 Å². The minimum Gasteiger partial charge on any atom is -0.334 e. The molecule has 0 saturated heterocycles. The van der Waals surface area contributed by atoms with Crippen LogP contribution < -0.4 is 10.6 Å². The molecule has 0 aliphatic heterocycles. The standard InChI is InChI=1S/C18H20N6O/c25-18(22-16-11-21-23(13-16)12-14-6-7-14)19-10-15-4-1-2-5-17(15)24-9-3-8-20-24/h1-5,8-9,11,13-14H,6-7,10,12H2,(H2,19,22,25). The largest absolute Gasteiger partial charge is 0.334 e. The molecule has 2 heterocycles. The molecule has 1 aliphatic carbocycles. The summed E-state index contributed by atoms with van der Waals surface area (Å²) in [7, 11) is 0. The molecule has 2 N–H and O–H groups in total. The highest BCUT2D eigenvalue weighted by Crippen LogP contribution is 2.30. The molecule has 2 aromatic heterocycles. The molecule has 25 heavy (non-hydrogen) atoms. The van der Waals surface area contributed by atoms with Crippen molar-refractivity contribution in [2.45, 2.75) is 25.9 Å². The van der Waals surface area contributed by atoms with E-state index in [1.807, 2.05) is 47.4 Å². The fraction of sp³-hybridized carbons (Fsp3) is 0.278. The van der Waals surface area contributed by atoms with Crippen LogP contribution in [-0.4, -0.2) is 25.6 Å². The highest BCUT2D eigenvalue weighted by Gasteiger charge is 2.22. The molecule has 0 radical (unpaired) electrons. The summed E-state index contributed by atoms with van der Waals surface area (Å²) < 4.78 is 3.68. The summed E-state index contributed by atoms with van der Waals surface area (Å²) in [5.41, 5.74) is 2.65. The van der Waals surface area contributed by atoms with E-state index in [4.69, 9.17) is 0 Å². The van der Waals surface area contributed by atoms with Gasteiger partial charge in [-0.05, 0) is 36.5 Å². The van der Waals surface area contributed by atoms with E-state index in [2.05, 4.69) is 20.8 Å². The van der Waals surface area contributed by atoms with Gasteiger partial charge in [-0.15, -0.1) is 0 Å². The van der Waals surface area contributed by atoms with Crippen LogP contribution in [0, 0.1) is 5.92 Å². The third-order valence-corrected chi connectivity index (χ3v) is 4.22. The Morgan fingerprint density at radius 1 is 1.20 bits per heavy atom. The molecule has 2 amide bonds. The molecule has 0 atom stereocenters. The van der Waals surface area contributed by atoms with Crippen LogP contribution in [0.5, 0.6) is 0 Å². The van der Waals surface area contributed by atoms with Crippen molar-refractivity contribution in [1.29, 1.82) is 0 Å². The Morgan fingerprint density at radius 3 is 2.88 bits per heavy atom. The van der Waals surface area contributed by atoms with Gasteiger partial charge in [0.2, 0.25) is 0 Å². The average molecular weight is 336 g/mol. The topological polar surface area (TPSA) is 76.8 Å². The fourth-order valence-electron chi connectivity index (χ4n) is 2.74. The number of carbonyl (C=O) groups is 1. The van der Waals surface area contributed by atoms with Crippen LogP contribution in [0.1, 0.15) is 18.4 Å². The maximum atomic E-state index is 12.1. The van der Waals surface area contributed by atoms with Crippen molar-refractivity contribution < 1.29 is 4.79 Å². The number of anilines is 1. The Balaban J connectivity index is 1.35. The normalized spacial score (nSPS) is 13.6. The third-order valence-electron chi connectivity index (χ3n) is 4.22. The number of aromatic nitrogens is 4. The molecular formula is C18H20N6O. The van der Waals surface area contributed by atoms with E-state index in [9.17, 15) is 4.79 Å². The van der Waals surface area contributed by atoms with Crippen LogP contribution >= 0.6 is 0 Å². The summed E-state index contributed by atoms with van der Waals surface area (Å²) in [6.45, 7) is 1.35. The molecule has 128 valence electrons. The van der Waals surface area contributed by atoms with Crippen LogP contribution in [-0.2, 0) is 13.1 Å². The first-order valence-electron chi connectivity index (χ1n) is 8.43. The molecule has 7 heteroatoms. The van der Waals surface area contributed by atoms with E-state index in [0.29, 0.717) is 12.2 Å². The zero-order valence-corrected chi connectivity index (χ0v) is 13.8. The van der Waals surface area contributed by atoms with Crippen molar-refractivity contribution in [3.05, 3.63) is 60.7 Å². The quantitative estimate of drug-likeness (QED) is 0.727. The van der Waals surface area contributed by atoms with Gasteiger partial charge in [-0.25, -0.2) is 9.48 Å². The second-order valence-corrected chi connectivity index (χ2v) is 6.28. The van der Waals surface area contributed by atoms with Crippen LogP contribution in [0.4, 0.5) is 10.5 Å². The van der Waals surface area contributed by atoms with Crippen LogP contribution in [0.25, 0.3) is 5.69 Å². The lowest BCUT2D eigenvalue weighted by Gasteiger charge is -2.11. The fourth-order valence-corrected chi connectivity index (χ4v) is 2.74. The summed E-state index contributed by atoms with van der Waals surface area (Å²) in [6.07, 6.45) is 9.72. The number of urea groups is 1. The highest BCUT2D eigenvalue weighted by atomic mass is 16.2. The Kier molecular flexibility index (Phi) is 4.20. The van der Waals surface area contributed by atoms with Gasteiger partial charge in [-0.2, -0.15) is 10.2 Å². The Hall–Kier alpha value is -3.09. The lowest BCUT2D eigenvalue weighted by Crippen LogP contribution is -2.28. The third kappa shape index (κ3) is 3.88. The monoisotopic (exact) mass is 336 g/mol. The van der Waals surface area contributed by atoms with Crippen molar-refractivity contribution in [3.8, 4) is 5.69 Å². The molecule has 0 unspecified atom stereocenters. The maximum Gasteiger partial charge on any atom is 0.319 e. The van der Waals surface area contributed by atoms with Gasteiger partial charge in [0.05, 0.1) is 17.6 Å². The van der Waals surface area contributed by atoms with E-state index in [1.165, 1.54) is 12.8 Å². The number of hydrogen-bond acceptors (Lipinski definition) is 3. The number of para-hydroxylation sites is 1. The maximum absolute atomic E-state index is 12.1. The molecule has 0 spiro atoms. The molecule has 1 aliphatic rings. The minimum absolute atomic E-state index is 0.249. The number of nitrogens with one attached hydrogen (secondary N) is 2. The summed E-state index contributed by atoms with van der Waals surface area (Å²) in [5.74, 6) is 0.750. The molecular weight excluding hydrogens is 316 g/mol. The number of carbonyl (C=O) groups excluding carboxylic acids is 1. The second kappa shape index (κ2) is 6.80. The van der Waals surface area contributed by atoms with E-state index >= 15 is 0 Å². The first-order valence-corrected chi connectivity index (χ1v) is 8.43. The van der Waals surface area contributed by atoms with Gasteiger partial charge in [-0.1, -0.05) is 18.2 Å². The number of nitrogens with zero attached hydrogens (tertiary/aromatic N) is 4. The van der Waals surface area contributed by atoms with Gasteiger partial charge in [-0.3, -0.25) is 4.68 Å². The summed E-state index contributed by atoms with van der Waals surface area (Å²) in [4.78, 5) is 12.1. The lowest BCUT2D eigenvalue weighted by atomic mass is 10.2. The number of rotatable bonds is 6. The molecule has 4 rings (SSSR count). The van der Waals surface area contributed by atoms with Crippen LogP contribution in [0.15, 0.2) is 55.1 Å². The minimum atomic E-state index is -0.249. The summed E-state index contributed by atoms with van der Waals surface area (Å²) >= 11 is 0. The molecule has 3 aromatic rings. The van der Waals surface area contributed by atoms with Crippen molar-refractivity contribution in [2.24, 2.45) is 5.92 Å². The second-order valence-electron chi connectivity index (χ2n) is 6.28. The molecule has 1 saturated carbocycles. The number of amides is 2. The molecule has 1 fully saturated rings. The van der Waals surface area contributed by atoms with Crippen molar-refractivity contribution in [2.75, 3.05) is 5.32 Å². The Morgan fingerprint density at radius 2 is 2.08 bits per heavy atom. The van der Waals surface area contributed by atoms with E-state index < -0.39 is 0 Å². The SMILES string of the molecule is O=C(NCc1ccccc1-n1cccn1)Nc1cnn(CC2CC2)c1. The Labute approximate surface area is 145 Å². The van der Waals surface area contributed by atoms with Gasteiger partial charge < -0.3 is 10.6 Å². The number of hydrogen-bond donors (Lipinski definition) is 2. The predicted octanol–water partition coefficient (Wildman–Crippen LogP) is 2.80. The smallest absolute Gasteiger partial charge is 0.319 e. The van der Waals surface area contributed by atoms with Crippen LogP contribution in [0.2, 0.25) is 0 Å². The predicted molar refractivity (Wildman–Crippen MR) is 94.4 cm³/mol. The zero-order chi connectivity index (χ0) is 17.1.